The van der Waals surface area contributed by atoms with Crippen molar-refractivity contribution in [3.05, 3.63) is 0 Å². The SMILES string of the molecule is CC1(C)O[C@@H]2C[C@H]1[C@@H](O)C[C@@]2(C)O. The molecule has 3 heteroatoms. The molecule has 2 fully saturated rings. The Morgan fingerprint density at radius 2 is 1.92 bits per heavy atom. The quantitative estimate of drug-likeness (QED) is 0.585. The molecule has 0 aromatic carbocycles. The molecule has 1 aliphatic heterocycles. The molecule has 3 nitrogen and oxygen atoms in total. The topological polar surface area (TPSA) is 49.7 Å². The molecule has 2 aliphatic rings. The molecule has 2 rings (SSSR count). The summed E-state index contributed by atoms with van der Waals surface area (Å²) < 4.78 is 5.75. The largest absolute Gasteiger partial charge is 0.393 e. The average molecular weight is 186 g/mol. The summed E-state index contributed by atoms with van der Waals surface area (Å²) >= 11 is 0. The van der Waals surface area contributed by atoms with Crippen LogP contribution in [-0.4, -0.2) is 33.6 Å². The van der Waals surface area contributed by atoms with Gasteiger partial charge < -0.3 is 14.9 Å². The first-order chi connectivity index (χ1) is 5.83. The van der Waals surface area contributed by atoms with Crippen molar-refractivity contribution in [3.8, 4) is 0 Å². The minimum atomic E-state index is -0.857. The van der Waals surface area contributed by atoms with Crippen LogP contribution in [0.4, 0.5) is 0 Å². The van der Waals surface area contributed by atoms with E-state index in [0.717, 1.165) is 6.42 Å². The molecule has 1 heterocycles. The predicted octanol–water partition coefficient (Wildman–Crippen LogP) is 0.686. The maximum absolute atomic E-state index is 9.98. The summed E-state index contributed by atoms with van der Waals surface area (Å²) in [6, 6.07) is 0. The lowest BCUT2D eigenvalue weighted by molar-refractivity contribution is -0.117. The van der Waals surface area contributed by atoms with Crippen molar-refractivity contribution < 1.29 is 14.9 Å². The van der Waals surface area contributed by atoms with Crippen LogP contribution in [0.5, 0.6) is 0 Å². The van der Waals surface area contributed by atoms with Gasteiger partial charge in [0.1, 0.15) is 0 Å². The van der Waals surface area contributed by atoms with Crippen molar-refractivity contribution in [2.45, 2.75) is 57.0 Å². The molecule has 0 radical (unpaired) electrons. The van der Waals surface area contributed by atoms with Crippen LogP contribution < -0.4 is 0 Å². The van der Waals surface area contributed by atoms with Crippen molar-refractivity contribution >= 4 is 0 Å². The number of ether oxygens (including phenoxy) is 1. The summed E-state index contributed by atoms with van der Waals surface area (Å²) in [6.45, 7) is 5.73. The first kappa shape index (κ1) is 9.44. The summed E-state index contributed by atoms with van der Waals surface area (Å²) in [6.07, 6.45) is 0.687. The highest BCUT2D eigenvalue weighted by atomic mass is 16.5. The molecule has 4 atom stereocenters. The molecule has 13 heavy (non-hydrogen) atoms. The van der Waals surface area contributed by atoms with E-state index >= 15 is 0 Å². The smallest absolute Gasteiger partial charge is 0.0905 e. The van der Waals surface area contributed by atoms with Crippen molar-refractivity contribution in [3.63, 3.8) is 0 Å². The van der Waals surface area contributed by atoms with Gasteiger partial charge in [0.2, 0.25) is 0 Å². The van der Waals surface area contributed by atoms with Crippen LogP contribution in [-0.2, 0) is 4.74 Å². The van der Waals surface area contributed by atoms with Crippen LogP contribution in [0.3, 0.4) is 0 Å². The van der Waals surface area contributed by atoms with Gasteiger partial charge in [0.05, 0.1) is 23.4 Å². The van der Waals surface area contributed by atoms with E-state index in [1.54, 1.807) is 6.92 Å². The normalized spacial score (nSPS) is 53.8. The van der Waals surface area contributed by atoms with Crippen LogP contribution in [0.15, 0.2) is 0 Å². The van der Waals surface area contributed by atoms with Crippen LogP contribution in [0.1, 0.15) is 33.6 Å². The van der Waals surface area contributed by atoms with E-state index in [2.05, 4.69) is 0 Å². The fourth-order valence-corrected chi connectivity index (χ4v) is 2.71. The Hall–Kier alpha value is -0.120. The number of rotatable bonds is 0. The van der Waals surface area contributed by atoms with E-state index in [0.29, 0.717) is 6.42 Å². The zero-order valence-electron chi connectivity index (χ0n) is 8.45. The lowest BCUT2D eigenvalue weighted by Gasteiger charge is -2.36. The average Bonchev–Trinajstić information content (AvgIpc) is 2.20. The van der Waals surface area contributed by atoms with E-state index in [1.165, 1.54) is 0 Å². The molecule has 2 N–H and O–H groups in total. The van der Waals surface area contributed by atoms with E-state index < -0.39 is 11.7 Å². The lowest BCUT2D eigenvalue weighted by atomic mass is 9.73. The third-order valence-corrected chi connectivity index (χ3v) is 3.59. The minimum Gasteiger partial charge on any atom is -0.393 e. The highest BCUT2D eigenvalue weighted by Crippen LogP contribution is 2.48. The number of aliphatic hydroxyl groups excluding tert-OH is 1. The predicted molar refractivity (Wildman–Crippen MR) is 48.3 cm³/mol. The molecule has 0 aromatic rings. The molecular formula is C10H18O3. The Kier molecular flexibility index (Phi) is 1.79. The monoisotopic (exact) mass is 186 g/mol. The maximum atomic E-state index is 9.98. The van der Waals surface area contributed by atoms with E-state index in [-0.39, 0.29) is 17.6 Å². The highest BCUT2D eigenvalue weighted by Gasteiger charge is 2.56. The molecular weight excluding hydrogens is 168 g/mol. The minimum absolute atomic E-state index is 0.101. The van der Waals surface area contributed by atoms with Gasteiger partial charge in [-0.2, -0.15) is 0 Å². The molecule has 76 valence electrons. The Morgan fingerprint density at radius 3 is 2.54 bits per heavy atom. The van der Waals surface area contributed by atoms with Crippen molar-refractivity contribution in [1.82, 2.24) is 0 Å². The molecule has 1 saturated heterocycles. The second-order valence-corrected chi connectivity index (χ2v) is 5.18. The zero-order valence-corrected chi connectivity index (χ0v) is 8.45. The maximum Gasteiger partial charge on any atom is 0.0905 e. The van der Waals surface area contributed by atoms with Crippen molar-refractivity contribution in [2.75, 3.05) is 0 Å². The van der Waals surface area contributed by atoms with Gasteiger partial charge in [0.15, 0.2) is 0 Å². The third kappa shape index (κ3) is 1.30. The standard InChI is InChI=1S/C10H18O3/c1-9(2)6-4-8(13-9)10(3,12)5-7(6)11/h6-8,11-12H,4-5H2,1-3H3/t6-,7-,8+,10+/m0/s1. The second kappa shape index (κ2) is 2.47. The van der Waals surface area contributed by atoms with Gasteiger partial charge in [-0.25, -0.2) is 0 Å². The van der Waals surface area contributed by atoms with Gasteiger partial charge in [-0.05, 0) is 27.2 Å². The van der Waals surface area contributed by atoms with Gasteiger partial charge in [0, 0.05) is 12.3 Å². The van der Waals surface area contributed by atoms with E-state index in [9.17, 15) is 10.2 Å². The van der Waals surface area contributed by atoms with Gasteiger partial charge in [0.25, 0.3) is 0 Å². The number of hydrogen-bond acceptors (Lipinski definition) is 3. The first-order valence-electron chi connectivity index (χ1n) is 4.91. The number of hydrogen-bond donors (Lipinski definition) is 2. The molecule has 0 unspecified atom stereocenters. The van der Waals surface area contributed by atoms with Crippen molar-refractivity contribution in [1.29, 1.82) is 0 Å². The molecule has 0 aromatic heterocycles. The summed E-state index contributed by atoms with van der Waals surface area (Å²) in [5, 5.41) is 19.8. The lowest BCUT2D eigenvalue weighted by Crippen LogP contribution is -2.46. The summed E-state index contributed by atoms with van der Waals surface area (Å²) in [5.41, 5.74) is -1.14. The summed E-state index contributed by atoms with van der Waals surface area (Å²) in [5.74, 6) is 0.178. The van der Waals surface area contributed by atoms with Gasteiger partial charge in [-0.1, -0.05) is 0 Å². The Balaban J connectivity index is 2.28. The van der Waals surface area contributed by atoms with Crippen LogP contribution in [0.25, 0.3) is 0 Å². The van der Waals surface area contributed by atoms with Crippen molar-refractivity contribution in [2.24, 2.45) is 5.92 Å². The highest BCUT2D eigenvalue weighted by molar-refractivity contribution is 5.05. The van der Waals surface area contributed by atoms with Crippen LogP contribution >= 0.6 is 0 Å². The molecule has 0 amide bonds. The van der Waals surface area contributed by atoms with E-state index in [4.69, 9.17) is 4.74 Å². The summed E-state index contributed by atoms with van der Waals surface area (Å²) in [7, 11) is 0. The van der Waals surface area contributed by atoms with E-state index in [1.807, 2.05) is 13.8 Å². The van der Waals surface area contributed by atoms with Gasteiger partial charge in [-0.3, -0.25) is 0 Å². The Morgan fingerprint density at radius 1 is 1.31 bits per heavy atom. The summed E-state index contributed by atoms with van der Waals surface area (Å²) in [4.78, 5) is 0. The molecule has 0 spiro atoms. The fraction of sp³-hybridized carbons (Fsp3) is 1.00. The second-order valence-electron chi connectivity index (χ2n) is 5.18. The first-order valence-corrected chi connectivity index (χ1v) is 4.91. The fourth-order valence-electron chi connectivity index (χ4n) is 2.71. The Bertz CT molecular complexity index is 220. The molecule has 2 bridgehead atoms. The van der Waals surface area contributed by atoms with Crippen LogP contribution in [0, 0.1) is 5.92 Å². The van der Waals surface area contributed by atoms with Gasteiger partial charge >= 0.3 is 0 Å². The number of fused-ring (bicyclic) bond motifs is 2. The Labute approximate surface area is 78.7 Å². The molecule has 1 saturated carbocycles. The molecule has 1 aliphatic carbocycles. The van der Waals surface area contributed by atoms with Gasteiger partial charge in [-0.15, -0.1) is 0 Å². The third-order valence-electron chi connectivity index (χ3n) is 3.59. The number of aliphatic hydroxyl groups is 2. The zero-order chi connectivity index (χ0) is 9.85. The van der Waals surface area contributed by atoms with Crippen LogP contribution in [0.2, 0.25) is 0 Å².